The number of fused-ring (bicyclic) bond motifs is 1. The number of aromatic nitrogens is 1. The third kappa shape index (κ3) is 3.84. The van der Waals surface area contributed by atoms with Gasteiger partial charge < -0.3 is 19.2 Å². The number of nitrogens with zero attached hydrogens (tertiary/aromatic N) is 2. The molecule has 138 valence electrons. The van der Waals surface area contributed by atoms with Crippen molar-refractivity contribution >= 4 is 39.3 Å². The second-order valence-corrected chi connectivity index (χ2v) is 7.75. The summed E-state index contributed by atoms with van der Waals surface area (Å²) in [4.78, 5) is 9.72. The molecule has 2 heterocycles. The number of anilines is 1. The molecule has 0 saturated carbocycles. The lowest BCUT2D eigenvalue weighted by Crippen LogP contribution is -2.31. The van der Waals surface area contributed by atoms with E-state index >= 15 is 0 Å². The molecule has 2 N–H and O–H groups in total. The van der Waals surface area contributed by atoms with E-state index in [0.717, 1.165) is 10.6 Å². The highest BCUT2D eigenvalue weighted by Crippen LogP contribution is 2.42. The van der Waals surface area contributed by atoms with Gasteiger partial charge in [0.25, 0.3) is 0 Å². The molecule has 1 atom stereocenters. The van der Waals surface area contributed by atoms with Crippen LogP contribution in [-0.2, 0) is 6.54 Å². The third-order valence-corrected chi connectivity index (χ3v) is 5.83. The van der Waals surface area contributed by atoms with E-state index in [9.17, 15) is 0 Å². The van der Waals surface area contributed by atoms with Crippen LogP contribution in [-0.4, -0.2) is 16.3 Å². The summed E-state index contributed by atoms with van der Waals surface area (Å²) in [6, 6.07) is 13.3. The first-order chi connectivity index (χ1) is 13.2. The minimum atomic E-state index is -0.311. The number of oxazole rings is 1. The second-order valence-electron chi connectivity index (χ2n) is 5.55. The van der Waals surface area contributed by atoms with E-state index in [1.165, 1.54) is 6.26 Å². The molecule has 3 aromatic rings. The third-order valence-electron chi connectivity index (χ3n) is 3.82. The summed E-state index contributed by atoms with van der Waals surface area (Å²) < 4.78 is 14.7. The largest absolute Gasteiger partial charge is 0.454 e. The minimum absolute atomic E-state index is 0.311. The van der Waals surface area contributed by atoms with E-state index in [0.29, 0.717) is 34.9 Å². The van der Waals surface area contributed by atoms with E-state index in [1.54, 1.807) is 12.3 Å². The Morgan fingerprint density at radius 2 is 2.07 bits per heavy atom. The number of aliphatic imine (C=N–C) groups is 1. The molecule has 0 radical (unpaired) electrons. The maximum absolute atomic E-state index is 6.25. The van der Waals surface area contributed by atoms with Crippen LogP contribution in [0.1, 0.15) is 12.8 Å². The van der Waals surface area contributed by atoms with Gasteiger partial charge in [-0.05, 0) is 36.6 Å². The predicted molar refractivity (Wildman–Crippen MR) is 110 cm³/mol. The molecule has 1 unspecified atom stereocenters. The number of hydrogen-bond acceptors (Lipinski definition) is 4. The molecular weight excluding hydrogens is 384 g/mol. The average molecular weight is 401 g/mol. The zero-order valence-corrected chi connectivity index (χ0v) is 16.1. The summed E-state index contributed by atoms with van der Waals surface area (Å²) >= 11 is 6.25. The molecule has 0 bridgehead atoms. The van der Waals surface area contributed by atoms with Crippen molar-refractivity contribution in [3.8, 4) is 11.5 Å². The monoisotopic (exact) mass is 400 g/mol. The van der Waals surface area contributed by atoms with Gasteiger partial charge in [-0.2, -0.15) is 0 Å². The van der Waals surface area contributed by atoms with Gasteiger partial charge in [0.05, 0.1) is 16.9 Å². The fourth-order valence-electron chi connectivity index (χ4n) is 2.59. The zero-order chi connectivity index (χ0) is 18.6. The molecule has 1 aliphatic heterocycles. The van der Waals surface area contributed by atoms with Crippen LogP contribution in [0.15, 0.2) is 69.2 Å². The molecule has 6 nitrogen and oxygen atoms in total. The minimum Gasteiger partial charge on any atom is -0.454 e. The van der Waals surface area contributed by atoms with Gasteiger partial charge in [0, 0.05) is 4.90 Å². The van der Waals surface area contributed by atoms with Gasteiger partial charge in [0.2, 0.25) is 11.9 Å². The van der Waals surface area contributed by atoms with Crippen molar-refractivity contribution in [3.63, 3.8) is 0 Å². The fourth-order valence-corrected chi connectivity index (χ4v) is 4.16. The van der Waals surface area contributed by atoms with Crippen molar-refractivity contribution in [1.29, 1.82) is 0 Å². The Kier molecular flexibility index (Phi) is 5.13. The Labute approximate surface area is 164 Å². The molecule has 1 aliphatic rings. The fraction of sp³-hybridized carbons (Fsp3) is 0.105. The first-order valence-corrected chi connectivity index (χ1v) is 9.95. The van der Waals surface area contributed by atoms with Crippen molar-refractivity contribution < 1.29 is 9.15 Å². The van der Waals surface area contributed by atoms with Gasteiger partial charge in [-0.15, -0.1) is 0 Å². The highest BCUT2D eigenvalue weighted by molar-refractivity contribution is 8.14. The molecule has 1 aromatic heterocycles. The van der Waals surface area contributed by atoms with Gasteiger partial charge in [0.15, 0.2) is 5.75 Å². The molecule has 4 rings (SSSR count). The first kappa shape index (κ1) is 17.6. The number of rotatable bonds is 4. The molecule has 0 aliphatic carbocycles. The van der Waals surface area contributed by atoms with E-state index in [1.807, 2.05) is 37.3 Å². The van der Waals surface area contributed by atoms with Crippen molar-refractivity contribution in [2.75, 3.05) is 5.32 Å². The van der Waals surface area contributed by atoms with Crippen LogP contribution in [0, 0.1) is 0 Å². The smallest absolute Gasteiger partial charge is 0.215 e. The van der Waals surface area contributed by atoms with Gasteiger partial charge in [-0.25, -0.2) is 9.98 Å². The molecule has 8 heteroatoms. The van der Waals surface area contributed by atoms with Crippen LogP contribution in [0.2, 0.25) is 5.02 Å². The first-order valence-electron chi connectivity index (χ1n) is 8.29. The molecule has 0 amide bonds. The van der Waals surface area contributed by atoms with Gasteiger partial charge in [0.1, 0.15) is 18.6 Å². The van der Waals surface area contributed by atoms with Crippen LogP contribution < -0.4 is 14.8 Å². The molecule has 0 spiro atoms. The van der Waals surface area contributed by atoms with Crippen LogP contribution in [0.5, 0.6) is 11.5 Å². The lowest BCUT2D eigenvalue weighted by atomic mass is 10.2. The lowest BCUT2D eigenvalue weighted by Gasteiger charge is -2.26. The molecular formula is C19H17ClN4O2S. The van der Waals surface area contributed by atoms with Crippen LogP contribution >= 0.6 is 22.3 Å². The molecule has 2 aromatic carbocycles. The lowest BCUT2D eigenvalue weighted by molar-refractivity contribution is 0.484. The second kappa shape index (κ2) is 7.85. The van der Waals surface area contributed by atoms with Crippen molar-refractivity contribution in [3.05, 3.63) is 65.8 Å². The van der Waals surface area contributed by atoms with E-state index in [2.05, 4.69) is 31.4 Å². The molecule has 0 fully saturated rings. The Morgan fingerprint density at radius 3 is 2.85 bits per heavy atom. The topological polar surface area (TPSA) is 71.7 Å². The Morgan fingerprint density at radius 1 is 1.22 bits per heavy atom. The predicted octanol–water partition coefficient (Wildman–Crippen LogP) is 5.06. The number of nitrogens with one attached hydrogen (secondary N) is 2. The standard InChI is InChI=1S/C19H17ClN4O2S/c1-2-27-16-9-5-8-15(26-14-7-4-3-6-13(14)20)18(16)23-19(24-27)22-12-17-21-10-11-25-17/h2-11H,12H2,1H3,(H2,22,23,24). The summed E-state index contributed by atoms with van der Waals surface area (Å²) in [6.07, 6.45) is 3.14. The SMILES string of the molecule is C/C=S1\NC(=NCc2ncco2)Nc2c(Oc3ccccc3Cl)cccc21. The highest BCUT2D eigenvalue weighted by atomic mass is 35.5. The maximum atomic E-state index is 6.25. The number of para-hydroxylation sites is 2. The Bertz CT molecular complexity index is 1020. The average Bonchev–Trinajstić information content (AvgIpc) is 3.21. The number of halogens is 1. The van der Waals surface area contributed by atoms with Crippen molar-refractivity contribution in [2.45, 2.75) is 18.4 Å². The van der Waals surface area contributed by atoms with Crippen LogP contribution in [0.3, 0.4) is 0 Å². The van der Waals surface area contributed by atoms with Crippen molar-refractivity contribution in [1.82, 2.24) is 9.71 Å². The van der Waals surface area contributed by atoms with Crippen molar-refractivity contribution in [2.24, 2.45) is 4.99 Å². The Balaban J connectivity index is 1.68. The van der Waals surface area contributed by atoms with Gasteiger partial charge in [-0.3, -0.25) is 0 Å². The summed E-state index contributed by atoms with van der Waals surface area (Å²) in [5.41, 5.74) is 0.865. The quantitative estimate of drug-likeness (QED) is 0.599. The Hall–Kier alpha value is -2.77. The van der Waals surface area contributed by atoms with Gasteiger partial charge >= 0.3 is 0 Å². The van der Waals surface area contributed by atoms with Crippen LogP contribution in [0.4, 0.5) is 5.69 Å². The number of benzene rings is 2. The van der Waals surface area contributed by atoms with E-state index in [-0.39, 0.29) is 10.7 Å². The summed E-state index contributed by atoms with van der Waals surface area (Å²) in [5, 5.41) is 5.98. The number of hydrogen-bond donors (Lipinski definition) is 2. The summed E-state index contributed by atoms with van der Waals surface area (Å²) in [5.74, 6) is 2.48. The number of guanidine groups is 1. The summed E-state index contributed by atoms with van der Waals surface area (Å²) in [6.45, 7) is 2.35. The summed E-state index contributed by atoms with van der Waals surface area (Å²) in [7, 11) is -0.311. The maximum Gasteiger partial charge on any atom is 0.215 e. The molecule has 0 saturated heterocycles. The van der Waals surface area contributed by atoms with E-state index in [4.69, 9.17) is 20.8 Å². The molecule has 27 heavy (non-hydrogen) atoms. The number of ether oxygens (including phenoxy) is 1. The van der Waals surface area contributed by atoms with Gasteiger partial charge in [-0.1, -0.05) is 40.5 Å². The zero-order valence-electron chi connectivity index (χ0n) is 14.5. The van der Waals surface area contributed by atoms with Crippen LogP contribution in [0.25, 0.3) is 0 Å². The normalized spacial score (nSPS) is 17.3. The highest BCUT2D eigenvalue weighted by Gasteiger charge is 2.21. The van der Waals surface area contributed by atoms with E-state index < -0.39 is 0 Å².